The zero-order chi connectivity index (χ0) is 22.4. The van der Waals surface area contributed by atoms with Crippen LogP contribution in [0.25, 0.3) is 10.9 Å². The molecule has 0 saturated heterocycles. The molecular formula is C24H28FN3O3. The second-order valence-electron chi connectivity index (χ2n) is 7.91. The Morgan fingerprint density at radius 3 is 2.65 bits per heavy atom. The number of aromatic nitrogens is 1. The number of ether oxygens (including phenoxy) is 1. The molecule has 0 saturated carbocycles. The highest BCUT2D eigenvalue weighted by atomic mass is 19.1. The van der Waals surface area contributed by atoms with Crippen LogP contribution in [0, 0.1) is 11.7 Å². The van der Waals surface area contributed by atoms with Crippen LogP contribution in [0.2, 0.25) is 0 Å². The van der Waals surface area contributed by atoms with Gasteiger partial charge in [-0.05, 0) is 47.9 Å². The Morgan fingerprint density at radius 1 is 1.13 bits per heavy atom. The first kappa shape index (κ1) is 22.5. The highest BCUT2D eigenvalue weighted by Gasteiger charge is 2.17. The molecule has 0 radical (unpaired) electrons. The number of nitrogens with zero attached hydrogens (tertiary/aromatic N) is 1. The second-order valence-corrected chi connectivity index (χ2v) is 7.91. The monoisotopic (exact) mass is 425 g/mol. The Labute approximate surface area is 181 Å². The van der Waals surface area contributed by atoms with E-state index in [4.69, 9.17) is 4.74 Å². The Hall–Kier alpha value is -3.19. The van der Waals surface area contributed by atoms with Crippen LogP contribution < -0.4 is 10.6 Å². The number of hydrogen-bond donors (Lipinski definition) is 2. The van der Waals surface area contributed by atoms with E-state index in [0.717, 1.165) is 16.5 Å². The second kappa shape index (κ2) is 10.2. The molecule has 2 amide bonds. The quantitative estimate of drug-likeness (QED) is 0.505. The molecule has 3 rings (SSSR count). The summed E-state index contributed by atoms with van der Waals surface area (Å²) in [6.07, 6.45) is 0.436. The third-order valence-electron chi connectivity index (χ3n) is 4.83. The van der Waals surface area contributed by atoms with E-state index in [1.807, 2.05) is 42.7 Å². The van der Waals surface area contributed by atoms with Crippen LogP contribution in [-0.2, 0) is 16.1 Å². The SMILES string of the molecule is COCCNC(=O)c1cc2cc(NC(=O)CC(C)C)ccc2n1Cc1cccc(F)c1. The zero-order valence-electron chi connectivity index (χ0n) is 18.1. The van der Waals surface area contributed by atoms with Gasteiger partial charge >= 0.3 is 0 Å². The highest BCUT2D eigenvalue weighted by molar-refractivity contribution is 6.00. The molecule has 31 heavy (non-hydrogen) atoms. The molecule has 2 aromatic carbocycles. The van der Waals surface area contributed by atoms with Gasteiger partial charge in [-0.25, -0.2) is 4.39 Å². The summed E-state index contributed by atoms with van der Waals surface area (Å²) in [5.41, 5.74) is 2.70. The Kier molecular flexibility index (Phi) is 7.41. The molecule has 0 unspecified atom stereocenters. The standard InChI is InChI=1S/C24H28FN3O3/c1-16(2)11-23(29)27-20-7-8-21-18(13-20)14-22(24(30)26-9-10-31-3)28(21)15-17-5-4-6-19(25)12-17/h4-8,12-14,16H,9-11,15H2,1-3H3,(H,26,30)(H,27,29). The summed E-state index contributed by atoms with van der Waals surface area (Å²) in [6, 6.07) is 13.6. The van der Waals surface area contributed by atoms with Crippen LogP contribution in [0.15, 0.2) is 48.5 Å². The average Bonchev–Trinajstić information content (AvgIpc) is 3.05. The van der Waals surface area contributed by atoms with Crippen molar-refractivity contribution in [2.24, 2.45) is 5.92 Å². The smallest absolute Gasteiger partial charge is 0.268 e. The van der Waals surface area contributed by atoms with Crippen molar-refractivity contribution in [3.05, 3.63) is 65.6 Å². The molecule has 0 aliphatic heterocycles. The first-order chi connectivity index (χ1) is 14.9. The van der Waals surface area contributed by atoms with Crippen molar-refractivity contribution in [2.75, 3.05) is 25.6 Å². The fourth-order valence-corrected chi connectivity index (χ4v) is 3.47. The Balaban J connectivity index is 1.95. The van der Waals surface area contributed by atoms with Gasteiger partial charge in [0.15, 0.2) is 0 Å². The topological polar surface area (TPSA) is 72.4 Å². The minimum Gasteiger partial charge on any atom is -0.383 e. The number of halogens is 1. The molecule has 1 aromatic heterocycles. The van der Waals surface area contributed by atoms with Crippen LogP contribution in [-0.4, -0.2) is 36.6 Å². The van der Waals surface area contributed by atoms with Gasteiger partial charge < -0.3 is 19.9 Å². The molecule has 0 spiro atoms. The minimum absolute atomic E-state index is 0.0499. The lowest BCUT2D eigenvalue weighted by Crippen LogP contribution is -2.29. The van der Waals surface area contributed by atoms with Crippen molar-refractivity contribution < 1.29 is 18.7 Å². The Bertz CT molecular complexity index is 1080. The van der Waals surface area contributed by atoms with Crippen LogP contribution in [0.4, 0.5) is 10.1 Å². The maximum Gasteiger partial charge on any atom is 0.268 e. The van der Waals surface area contributed by atoms with E-state index < -0.39 is 0 Å². The average molecular weight is 426 g/mol. The predicted molar refractivity (Wildman–Crippen MR) is 120 cm³/mol. The number of nitrogens with one attached hydrogen (secondary N) is 2. The van der Waals surface area contributed by atoms with Gasteiger partial charge in [-0.15, -0.1) is 0 Å². The van der Waals surface area contributed by atoms with E-state index >= 15 is 0 Å². The normalized spacial score (nSPS) is 11.1. The van der Waals surface area contributed by atoms with Crippen molar-refractivity contribution in [1.29, 1.82) is 0 Å². The Morgan fingerprint density at radius 2 is 1.94 bits per heavy atom. The summed E-state index contributed by atoms with van der Waals surface area (Å²) in [5, 5.41) is 6.56. The summed E-state index contributed by atoms with van der Waals surface area (Å²) in [7, 11) is 1.57. The maximum absolute atomic E-state index is 13.7. The van der Waals surface area contributed by atoms with Gasteiger partial charge in [-0.2, -0.15) is 0 Å². The lowest BCUT2D eigenvalue weighted by atomic mass is 10.1. The van der Waals surface area contributed by atoms with Crippen molar-refractivity contribution in [2.45, 2.75) is 26.8 Å². The van der Waals surface area contributed by atoms with Crippen molar-refractivity contribution in [1.82, 2.24) is 9.88 Å². The molecule has 0 fully saturated rings. The molecule has 6 nitrogen and oxygen atoms in total. The van der Waals surface area contributed by atoms with Gasteiger partial charge in [0, 0.05) is 43.2 Å². The van der Waals surface area contributed by atoms with Crippen LogP contribution in [0.1, 0.15) is 36.3 Å². The van der Waals surface area contributed by atoms with E-state index in [2.05, 4.69) is 10.6 Å². The molecule has 0 aliphatic carbocycles. The molecule has 1 heterocycles. The van der Waals surface area contributed by atoms with Gasteiger partial charge in [0.2, 0.25) is 5.91 Å². The number of rotatable bonds is 9. The van der Waals surface area contributed by atoms with Crippen molar-refractivity contribution in [3.63, 3.8) is 0 Å². The number of carbonyl (C=O) groups excluding carboxylic acids is 2. The first-order valence-corrected chi connectivity index (χ1v) is 10.3. The van der Waals surface area contributed by atoms with Crippen LogP contribution in [0.3, 0.4) is 0 Å². The zero-order valence-corrected chi connectivity index (χ0v) is 18.1. The lowest BCUT2D eigenvalue weighted by molar-refractivity contribution is -0.116. The fraction of sp³-hybridized carbons (Fsp3) is 0.333. The first-order valence-electron chi connectivity index (χ1n) is 10.3. The van der Waals surface area contributed by atoms with E-state index in [1.165, 1.54) is 12.1 Å². The summed E-state index contributed by atoms with van der Waals surface area (Å²) in [5.74, 6) is -0.352. The summed E-state index contributed by atoms with van der Waals surface area (Å²) >= 11 is 0. The molecule has 0 atom stereocenters. The maximum atomic E-state index is 13.7. The number of hydrogen-bond acceptors (Lipinski definition) is 3. The molecule has 0 bridgehead atoms. The molecular weight excluding hydrogens is 397 g/mol. The number of anilines is 1. The lowest BCUT2D eigenvalue weighted by Gasteiger charge is -2.12. The third-order valence-corrected chi connectivity index (χ3v) is 4.83. The fourth-order valence-electron chi connectivity index (χ4n) is 3.47. The number of amides is 2. The number of carbonyl (C=O) groups is 2. The van der Waals surface area contributed by atoms with Crippen LogP contribution >= 0.6 is 0 Å². The number of methoxy groups -OCH3 is 1. The van der Waals surface area contributed by atoms with Gasteiger partial charge in [-0.1, -0.05) is 26.0 Å². The molecule has 7 heteroatoms. The summed E-state index contributed by atoms with van der Waals surface area (Å²) in [6.45, 7) is 5.11. The molecule has 2 N–H and O–H groups in total. The van der Waals surface area contributed by atoms with Gasteiger partial charge in [0.25, 0.3) is 5.91 Å². The summed E-state index contributed by atoms with van der Waals surface area (Å²) < 4.78 is 20.6. The summed E-state index contributed by atoms with van der Waals surface area (Å²) in [4.78, 5) is 25.0. The predicted octanol–water partition coefficient (Wildman–Crippen LogP) is 4.19. The molecule has 3 aromatic rings. The van der Waals surface area contributed by atoms with Gasteiger partial charge in [-0.3, -0.25) is 9.59 Å². The van der Waals surface area contributed by atoms with E-state index in [-0.39, 0.29) is 23.5 Å². The molecule has 164 valence electrons. The molecule has 0 aliphatic rings. The van der Waals surface area contributed by atoms with Crippen LogP contribution in [0.5, 0.6) is 0 Å². The minimum atomic E-state index is -0.324. The third kappa shape index (κ3) is 5.92. The van der Waals surface area contributed by atoms with Gasteiger partial charge in [0.05, 0.1) is 6.61 Å². The number of benzene rings is 2. The number of fused-ring (bicyclic) bond motifs is 1. The highest BCUT2D eigenvalue weighted by Crippen LogP contribution is 2.25. The van der Waals surface area contributed by atoms with Gasteiger partial charge in [0.1, 0.15) is 11.5 Å². The van der Waals surface area contributed by atoms with E-state index in [1.54, 1.807) is 19.2 Å². The van der Waals surface area contributed by atoms with Crippen molar-refractivity contribution in [3.8, 4) is 0 Å². The largest absolute Gasteiger partial charge is 0.383 e. The van der Waals surface area contributed by atoms with E-state index in [0.29, 0.717) is 37.5 Å². The van der Waals surface area contributed by atoms with E-state index in [9.17, 15) is 14.0 Å². The van der Waals surface area contributed by atoms with Crippen molar-refractivity contribution >= 4 is 28.4 Å².